The number of rotatable bonds is 5. The highest BCUT2D eigenvalue weighted by Crippen LogP contribution is 2.23. The molecule has 144 valence electrons. The molecule has 0 bridgehead atoms. The molecule has 0 saturated carbocycles. The number of amides is 1. The van der Waals surface area contributed by atoms with E-state index in [2.05, 4.69) is 0 Å². The van der Waals surface area contributed by atoms with Gasteiger partial charge in [-0.2, -0.15) is 4.31 Å². The predicted octanol–water partition coefficient (Wildman–Crippen LogP) is 0.485. The van der Waals surface area contributed by atoms with Crippen molar-refractivity contribution >= 4 is 25.8 Å². The fourth-order valence-corrected chi connectivity index (χ4v) is 6.88. The Bertz CT molecular complexity index is 844. The van der Waals surface area contributed by atoms with Crippen molar-refractivity contribution in [2.75, 3.05) is 37.7 Å². The van der Waals surface area contributed by atoms with E-state index in [1.807, 2.05) is 18.2 Å². The number of piperazine rings is 1. The molecule has 2 aliphatic rings. The van der Waals surface area contributed by atoms with Crippen molar-refractivity contribution in [2.24, 2.45) is 5.92 Å². The molecular weight excluding hydrogens is 376 g/mol. The minimum Gasteiger partial charge on any atom is -0.340 e. The molecule has 0 spiro atoms. The van der Waals surface area contributed by atoms with Gasteiger partial charge in [-0.3, -0.25) is 4.79 Å². The third-order valence-corrected chi connectivity index (χ3v) is 8.65. The normalized spacial score (nSPS) is 23.8. The van der Waals surface area contributed by atoms with Crippen LogP contribution in [0, 0.1) is 5.92 Å². The zero-order valence-corrected chi connectivity index (χ0v) is 16.2. The van der Waals surface area contributed by atoms with Gasteiger partial charge in [0, 0.05) is 32.6 Å². The summed E-state index contributed by atoms with van der Waals surface area (Å²) >= 11 is 0. The summed E-state index contributed by atoms with van der Waals surface area (Å²) in [6, 6.07) is 9.03. The molecule has 9 heteroatoms. The Morgan fingerprint density at radius 3 is 2.31 bits per heavy atom. The summed E-state index contributed by atoms with van der Waals surface area (Å²) in [6.07, 6.45) is 0.773. The van der Waals surface area contributed by atoms with Crippen LogP contribution in [0.3, 0.4) is 0 Å². The highest BCUT2D eigenvalue weighted by atomic mass is 32.2. The Hall–Kier alpha value is -1.45. The Morgan fingerprint density at radius 1 is 1.08 bits per heavy atom. The molecule has 2 heterocycles. The number of benzene rings is 1. The summed E-state index contributed by atoms with van der Waals surface area (Å²) in [5, 5.41) is 0. The van der Waals surface area contributed by atoms with Crippen LogP contribution in [0.5, 0.6) is 0 Å². The van der Waals surface area contributed by atoms with Crippen LogP contribution in [0.2, 0.25) is 0 Å². The zero-order chi connectivity index (χ0) is 18.8. The first-order valence-electron chi connectivity index (χ1n) is 8.75. The van der Waals surface area contributed by atoms with Gasteiger partial charge in [0.1, 0.15) is 0 Å². The molecule has 1 aromatic rings. The second kappa shape index (κ2) is 7.66. The molecule has 3 rings (SSSR count). The number of nitrogens with zero attached hydrogens (tertiary/aromatic N) is 2. The molecule has 0 N–H and O–H groups in total. The lowest BCUT2D eigenvalue weighted by Crippen LogP contribution is -2.51. The molecule has 2 aliphatic heterocycles. The lowest BCUT2D eigenvalue weighted by Gasteiger charge is -2.34. The molecule has 0 aliphatic carbocycles. The van der Waals surface area contributed by atoms with Gasteiger partial charge in [-0.1, -0.05) is 30.3 Å². The first kappa shape index (κ1) is 19.3. The molecule has 0 radical (unpaired) electrons. The molecule has 0 unspecified atom stereocenters. The summed E-state index contributed by atoms with van der Waals surface area (Å²) in [7, 11) is -6.40. The highest BCUT2D eigenvalue weighted by Gasteiger charge is 2.33. The van der Waals surface area contributed by atoms with E-state index in [-0.39, 0.29) is 48.6 Å². The number of carbonyl (C=O) groups excluding carboxylic acids is 1. The summed E-state index contributed by atoms with van der Waals surface area (Å²) in [6.45, 7) is 1.27. The average Bonchev–Trinajstić information content (AvgIpc) is 2.94. The Balaban J connectivity index is 1.51. The average molecular weight is 401 g/mol. The van der Waals surface area contributed by atoms with E-state index in [4.69, 9.17) is 0 Å². The van der Waals surface area contributed by atoms with E-state index in [0.29, 0.717) is 19.5 Å². The van der Waals surface area contributed by atoms with Gasteiger partial charge in [0.2, 0.25) is 15.9 Å². The molecule has 1 amide bonds. The minimum atomic E-state index is -3.41. The molecule has 7 nitrogen and oxygen atoms in total. The van der Waals surface area contributed by atoms with Crippen molar-refractivity contribution in [3.05, 3.63) is 35.9 Å². The standard InChI is InChI=1S/C17H24N2O5S2/c20-17(12-16-6-11-25(21,22)13-16)18-7-9-19(10-8-18)26(23,24)14-15-4-2-1-3-5-15/h1-5,16H,6-14H2/t16-/m1/s1. The van der Waals surface area contributed by atoms with E-state index >= 15 is 0 Å². The van der Waals surface area contributed by atoms with Crippen LogP contribution in [0.15, 0.2) is 30.3 Å². The van der Waals surface area contributed by atoms with E-state index in [1.165, 1.54) is 4.31 Å². The van der Waals surface area contributed by atoms with Crippen molar-refractivity contribution in [3.63, 3.8) is 0 Å². The smallest absolute Gasteiger partial charge is 0.222 e. The van der Waals surface area contributed by atoms with Crippen LogP contribution < -0.4 is 0 Å². The molecule has 2 fully saturated rings. The summed E-state index contributed by atoms with van der Waals surface area (Å²) in [5.41, 5.74) is 0.744. The molecule has 26 heavy (non-hydrogen) atoms. The maximum absolute atomic E-state index is 12.5. The third kappa shape index (κ3) is 4.83. The van der Waals surface area contributed by atoms with Crippen LogP contribution in [0.25, 0.3) is 0 Å². The largest absolute Gasteiger partial charge is 0.340 e. The van der Waals surface area contributed by atoms with Crippen LogP contribution in [-0.2, 0) is 30.4 Å². The molecular formula is C17H24N2O5S2. The molecule has 2 saturated heterocycles. The number of sulfonamides is 1. The second-order valence-electron chi connectivity index (χ2n) is 6.99. The number of hydrogen-bond acceptors (Lipinski definition) is 5. The molecule has 0 aromatic heterocycles. The van der Waals surface area contributed by atoms with Crippen LogP contribution in [-0.4, -0.2) is 69.6 Å². The number of hydrogen-bond donors (Lipinski definition) is 0. The molecule has 1 atom stereocenters. The lowest BCUT2D eigenvalue weighted by atomic mass is 10.0. The van der Waals surface area contributed by atoms with Crippen LogP contribution >= 0.6 is 0 Å². The fraction of sp³-hybridized carbons (Fsp3) is 0.588. The summed E-state index contributed by atoms with van der Waals surface area (Å²) in [4.78, 5) is 14.0. The second-order valence-corrected chi connectivity index (χ2v) is 11.2. The summed E-state index contributed by atoms with van der Waals surface area (Å²) in [5.74, 6) is 0.0297. The van der Waals surface area contributed by atoms with E-state index in [0.717, 1.165) is 5.56 Å². The summed E-state index contributed by atoms with van der Waals surface area (Å²) < 4.78 is 49.5. The SMILES string of the molecule is O=C(C[C@H]1CCS(=O)(=O)C1)N1CCN(S(=O)(=O)Cc2ccccc2)CC1. The van der Waals surface area contributed by atoms with Crippen LogP contribution in [0.1, 0.15) is 18.4 Å². The van der Waals surface area contributed by atoms with E-state index in [9.17, 15) is 21.6 Å². The lowest BCUT2D eigenvalue weighted by molar-refractivity contribution is -0.133. The first-order valence-corrected chi connectivity index (χ1v) is 12.2. The van der Waals surface area contributed by atoms with E-state index < -0.39 is 19.9 Å². The first-order chi connectivity index (χ1) is 12.3. The van der Waals surface area contributed by atoms with Gasteiger partial charge in [0.15, 0.2) is 9.84 Å². The van der Waals surface area contributed by atoms with Gasteiger partial charge < -0.3 is 4.90 Å². The van der Waals surface area contributed by atoms with Gasteiger partial charge in [-0.05, 0) is 17.9 Å². The zero-order valence-electron chi connectivity index (χ0n) is 14.6. The Labute approximate surface area is 155 Å². The quantitative estimate of drug-likeness (QED) is 0.717. The number of sulfone groups is 1. The maximum atomic E-state index is 12.5. The maximum Gasteiger partial charge on any atom is 0.222 e. The van der Waals surface area contributed by atoms with Gasteiger partial charge in [0.05, 0.1) is 17.3 Å². The van der Waals surface area contributed by atoms with Crippen molar-refractivity contribution in [1.82, 2.24) is 9.21 Å². The number of carbonyl (C=O) groups is 1. The topological polar surface area (TPSA) is 91.8 Å². The van der Waals surface area contributed by atoms with E-state index in [1.54, 1.807) is 17.0 Å². The Morgan fingerprint density at radius 2 is 1.73 bits per heavy atom. The van der Waals surface area contributed by atoms with Crippen molar-refractivity contribution < 1.29 is 21.6 Å². The van der Waals surface area contributed by atoms with Gasteiger partial charge >= 0.3 is 0 Å². The van der Waals surface area contributed by atoms with Crippen molar-refractivity contribution in [1.29, 1.82) is 0 Å². The van der Waals surface area contributed by atoms with Crippen molar-refractivity contribution in [3.8, 4) is 0 Å². The fourth-order valence-electron chi connectivity index (χ4n) is 3.50. The van der Waals surface area contributed by atoms with Crippen molar-refractivity contribution in [2.45, 2.75) is 18.6 Å². The van der Waals surface area contributed by atoms with Gasteiger partial charge in [0.25, 0.3) is 0 Å². The predicted molar refractivity (Wildman–Crippen MR) is 98.6 cm³/mol. The highest BCUT2D eigenvalue weighted by molar-refractivity contribution is 7.91. The molecule has 1 aromatic carbocycles. The minimum absolute atomic E-state index is 0.0400. The Kier molecular flexibility index (Phi) is 5.69. The third-order valence-electron chi connectivity index (χ3n) is 4.97. The van der Waals surface area contributed by atoms with Gasteiger partial charge in [-0.15, -0.1) is 0 Å². The monoisotopic (exact) mass is 400 g/mol. The van der Waals surface area contributed by atoms with Gasteiger partial charge in [-0.25, -0.2) is 16.8 Å². The van der Waals surface area contributed by atoms with Crippen LogP contribution in [0.4, 0.5) is 0 Å².